The van der Waals surface area contributed by atoms with E-state index in [2.05, 4.69) is 11.4 Å². The van der Waals surface area contributed by atoms with Crippen LogP contribution >= 0.6 is 0 Å². The maximum Gasteiger partial charge on any atom is 0.241 e. The molecule has 1 atom stereocenters. The number of unbranched alkanes of at least 4 members (excludes halogenated alkanes) is 2. The predicted octanol–water partition coefficient (Wildman–Crippen LogP) is 1.50. The lowest BCUT2D eigenvalue weighted by molar-refractivity contribution is -0.122. The average molecular weight is 231 g/mol. The van der Waals surface area contributed by atoms with Crippen LogP contribution in [0.25, 0.3) is 0 Å². The number of hydrogen-bond acceptors (Lipinski definition) is 3. The maximum atomic E-state index is 11.7. The molecule has 0 aliphatic carbocycles. The van der Waals surface area contributed by atoms with Crippen molar-refractivity contribution in [3.63, 3.8) is 0 Å². The minimum absolute atomic E-state index is 0.173. The molecule has 0 heterocycles. The van der Waals surface area contributed by atoms with Gasteiger partial charge in [0.05, 0.1) is 6.07 Å². The van der Waals surface area contributed by atoms with Crippen molar-refractivity contribution in [2.24, 2.45) is 5.73 Å². The second-order valence-electron chi connectivity index (χ2n) is 3.79. The smallest absolute Gasteiger partial charge is 0.241 e. The molecule has 0 unspecified atom stereocenters. The molecule has 0 bridgehead atoms. The van der Waals surface area contributed by atoms with Gasteiger partial charge in [0.25, 0.3) is 0 Å². The highest BCUT2D eigenvalue weighted by Gasteiger charge is 2.14. The summed E-state index contributed by atoms with van der Waals surface area (Å²) >= 11 is 0. The number of nitrogens with one attached hydrogen (secondary N) is 1. The fraction of sp³-hybridized carbons (Fsp3) is 0.385. The van der Waals surface area contributed by atoms with E-state index in [1.807, 2.05) is 30.3 Å². The molecular weight excluding hydrogens is 214 g/mol. The lowest BCUT2D eigenvalue weighted by Gasteiger charge is -2.12. The van der Waals surface area contributed by atoms with Gasteiger partial charge in [-0.1, -0.05) is 30.3 Å². The molecule has 0 saturated heterocycles. The zero-order valence-corrected chi connectivity index (χ0v) is 9.73. The molecule has 0 aliphatic heterocycles. The molecule has 1 aromatic rings. The van der Waals surface area contributed by atoms with Crippen LogP contribution in [-0.2, 0) is 4.79 Å². The first kappa shape index (κ1) is 13.2. The monoisotopic (exact) mass is 231 g/mol. The normalized spacial score (nSPS) is 11.5. The third-order valence-corrected chi connectivity index (χ3v) is 2.46. The average Bonchev–Trinajstić information content (AvgIpc) is 2.38. The molecule has 4 nitrogen and oxygen atoms in total. The van der Waals surface area contributed by atoms with Crippen molar-refractivity contribution in [3.05, 3.63) is 35.9 Å². The largest absolute Gasteiger partial charge is 0.354 e. The van der Waals surface area contributed by atoms with Crippen LogP contribution in [0.2, 0.25) is 0 Å². The molecule has 3 N–H and O–H groups in total. The number of amides is 1. The van der Waals surface area contributed by atoms with Gasteiger partial charge >= 0.3 is 0 Å². The second-order valence-corrected chi connectivity index (χ2v) is 3.79. The highest BCUT2D eigenvalue weighted by Crippen LogP contribution is 2.09. The van der Waals surface area contributed by atoms with Crippen LogP contribution < -0.4 is 11.1 Å². The molecule has 0 spiro atoms. The molecule has 0 saturated carbocycles. The summed E-state index contributed by atoms with van der Waals surface area (Å²) in [6.45, 7) is 0.570. The van der Waals surface area contributed by atoms with Crippen LogP contribution in [0, 0.1) is 11.3 Å². The summed E-state index contributed by atoms with van der Waals surface area (Å²) < 4.78 is 0. The summed E-state index contributed by atoms with van der Waals surface area (Å²) in [6.07, 6.45) is 2.14. The van der Waals surface area contributed by atoms with E-state index in [-0.39, 0.29) is 5.91 Å². The molecule has 1 amide bonds. The lowest BCUT2D eigenvalue weighted by atomic mass is 10.1. The van der Waals surface area contributed by atoms with Crippen molar-refractivity contribution in [1.82, 2.24) is 5.32 Å². The Balaban J connectivity index is 2.31. The number of nitrogens with zero attached hydrogens (tertiary/aromatic N) is 1. The van der Waals surface area contributed by atoms with E-state index >= 15 is 0 Å². The summed E-state index contributed by atoms with van der Waals surface area (Å²) in [4.78, 5) is 11.7. The summed E-state index contributed by atoms with van der Waals surface area (Å²) in [6, 6.07) is 10.7. The molecule has 0 aromatic heterocycles. The van der Waals surface area contributed by atoms with Gasteiger partial charge in [-0.15, -0.1) is 0 Å². The van der Waals surface area contributed by atoms with Gasteiger partial charge in [-0.3, -0.25) is 4.79 Å². The van der Waals surface area contributed by atoms with E-state index in [4.69, 9.17) is 11.0 Å². The van der Waals surface area contributed by atoms with Gasteiger partial charge in [-0.2, -0.15) is 5.26 Å². The van der Waals surface area contributed by atoms with Gasteiger partial charge in [0.15, 0.2) is 0 Å². The molecule has 1 aromatic carbocycles. The van der Waals surface area contributed by atoms with Crippen molar-refractivity contribution in [1.29, 1.82) is 5.26 Å². The van der Waals surface area contributed by atoms with Crippen LogP contribution in [-0.4, -0.2) is 12.5 Å². The van der Waals surface area contributed by atoms with Crippen molar-refractivity contribution < 1.29 is 4.79 Å². The first-order valence-corrected chi connectivity index (χ1v) is 5.71. The molecule has 0 fully saturated rings. The van der Waals surface area contributed by atoms with E-state index in [0.29, 0.717) is 13.0 Å². The molecule has 17 heavy (non-hydrogen) atoms. The number of nitriles is 1. The Kier molecular flexibility index (Phi) is 5.76. The standard InChI is InChI=1S/C13H17N3O/c14-9-5-2-6-10-16-13(17)12(15)11-7-3-1-4-8-11/h1,3-4,7-8,12H,2,5-6,10,15H2,(H,16,17)/t12-/m0/s1. The zero-order chi connectivity index (χ0) is 12.5. The summed E-state index contributed by atoms with van der Waals surface area (Å²) in [7, 11) is 0. The van der Waals surface area contributed by atoms with E-state index < -0.39 is 6.04 Å². The first-order chi connectivity index (χ1) is 8.25. The van der Waals surface area contributed by atoms with Gasteiger partial charge < -0.3 is 11.1 Å². The maximum absolute atomic E-state index is 11.7. The fourth-order valence-electron chi connectivity index (χ4n) is 1.46. The number of hydrogen-bond donors (Lipinski definition) is 2. The lowest BCUT2D eigenvalue weighted by Crippen LogP contribution is -2.34. The number of carbonyl (C=O) groups is 1. The van der Waals surface area contributed by atoms with Gasteiger partial charge in [-0.05, 0) is 18.4 Å². The van der Waals surface area contributed by atoms with Crippen molar-refractivity contribution in [3.8, 4) is 6.07 Å². The third-order valence-electron chi connectivity index (χ3n) is 2.46. The van der Waals surface area contributed by atoms with Crippen LogP contribution in [0.3, 0.4) is 0 Å². The molecule has 90 valence electrons. The molecule has 1 rings (SSSR count). The Morgan fingerprint density at radius 3 is 2.71 bits per heavy atom. The third kappa shape index (κ3) is 4.66. The fourth-order valence-corrected chi connectivity index (χ4v) is 1.46. The highest BCUT2D eigenvalue weighted by molar-refractivity contribution is 5.82. The Hall–Kier alpha value is -1.86. The summed E-state index contributed by atoms with van der Waals surface area (Å²) in [5.74, 6) is -0.173. The van der Waals surface area contributed by atoms with E-state index in [1.54, 1.807) is 0 Å². The summed E-state index contributed by atoms with van der Waals surface area (Å²) in [5, 5.41) is 11.1. The Bertz CT molecular complexity index is 383. The van der Waals surface area contributed by atoms with E-state index in [9.17, 15) is 4.79 Å². The van der Waals surface area contributed by atoms with Crippen molar-refractivity contribution in [2.75, 3.05) is 6.54 Å². The SMILES string of the molecule is N#CCCCCNC(=O)[C@@H](N)c1ccccc1. The minimum Gasteiger partial charge on any atom is -0.354 e. The first-order valence-electron chi connectivity index (χ1n) is 5.71. The second kappa shape index (κ2) is 7.42. The van der Waals surface area contributed by atoms with Crippen molar-refractivity contribution >= 4 is 5.91 Å². The van der Waals surface area contributed by atoms with Gasteiger partial charge in [0, 0.05) is 13.0 Å². The predicted molar refractivity (Wildman–Crippen MR) is 65.8 cm³/mol. The van der Waals surface area contributed by atoms with E-state index in [0.717, 1.165) is 18.4 Å². The van der Waals surface area contributed by atoms with Crippen LogP contribution in [0.5, 0.6) is 0 Å². The Morgan fingerprint density at radius 2 is 2.06 bits per heavy atom. The topological polar surface area (TPSA) is 78.9 Å². The van der Waals surface area contributed by atoms with Gasteiger partial charge in [-0.25, -0.2) is 0 Å². The number of carbonyl (C=O) groups excluding carboxylic acids is 1. The number of rotatable bonds is 6. The molecule has 0 radical (unpaired) electrons. The minimum atomic E-state index is -0.618. The molecular formula is C13H17N3O. The van der Waals surface area contributed by atoms with Gasteiger partial charge in [0.2, 0.25) is 5.91 Å². The molecule has 4 heteroatoms. The van der Waals surface area contributed by atoms with Crippen LogP contribution in [0.1, 0.15) is 30.9 Å². The quantitative estimate of drug-likeness (QED) is 0.728. The molecule has 0 aliphatic rings. The zero-order valence-electron chi connectivity index (χ0n) is 9.73. The summed E-state index contributed by atoms with van der Waals surface area (Å²) in [5.41, 5.74) is 6.62. The van der Waals surface area contributed by atoms with E-state index in [1.165, 1.54) is 0 Å². The highest BCUT2D eigenvalue weighted by atomic mass is 16.2. The van der Waals surface area contributed by atoms with Crippen LogP contribution in [0.15, 0.2) is 30.3 Å². The number of benzene rings is 1. The van der Waals surface area contributed by atoms with Crippen molar-refractivity contribution in [2.45, 2.75) is 25.3 Å². The number of nitrogens with two attached hydrogens (primary N) is 1. The Morgan fingerprint density at radius 1 is 1.35 bits per heavy atom. The van der Waals surface area contributed by atoms with Crippen LogP contribution in [0.4, 0.5) is 0 Å². The Labute approximate surface area is 101 Å². The van der Waals surface area contributed by atoms with Gasteiger partial charge in [0.1, 0.15) is 6.04 Å².